The molecule has 0 radical (unpaired) electrons. The Hall–Kier alpha value is -2.81. The second-order valence-corrected chi connectivity index (χ2v) is 6.20. The molecule has 0 aliphatic carbocycles. The number of carbonyl (C=O) groups is 2. The smallest absolute Gasteiger partial charge is 0.270 e. The normalized spacial score (nSPS) is 19.7. The molecule has 2 amide bonds. The molecular formula is C17H20FN5O3. The highest BCUT2D eigenvalue weighted by molar-refractivity contribution is 5.90. The number of primary amides is 1. The summed E-state index contributed by atoms with van der Waals surface area (Å²) in [7, 11) is 0. The highest BCUT2D eigenvalue weighted by atomic mass is 19.1. The van der Waals surface area contributed by atoms with E-state index in [0.717, 1.165) is 5.56 Å². The number of halogens is 1. The first-order chi connectivity index (χ1) is 12.5. The highest BCUT2D eigenvalue weighted by Crippen LogP contribution is 2.22. The van der Waals surface area contributed by atoms with Gasteiger partial charge in [-0.15, -0.1) is 5.10 Å². The molecule has 0 bridgehead atoms. The molecule has 2 atom stereocenters. The van der Waals surface area contributed by atoms with Gasteiger partial charge in [0.1, 0.15) is 12.8 Å². The van der Waals surface area contributed by atoms with E-state index in [9.17, 15) is 14.0 Å². The van der Waals surface area contributed by atoms with Crippen molar-refractivity contribution in [2.75, 3.05) is 13.2 Å². The lowest BCUT2D eigenvalue weighted by atomic mass is 10.2. The standard InChI is InChI=1S/C17H20FN5O3/c18-13-6-14(8-22-9-15(17(19)25)20-21-22)23(7-13)16(24)11-26-10-12-4-2-1-3-5-12/h1-5,9,13-14H,6-8,10-11H2,(H2,19,25). The molecular weight excluding hydrogens is 341 g/mol. The molecule has 0 saturated carbocycles. The maximum atomic E-state index is 13.9. The maximum Gasteiger partial charge on any atom is 0.270 e. The van der Waals surface area contributed by atoms with Gasteiger partial charge in [-0.2, -0.15) is 0 Å². The largest absolute Gasteiger partial charge is 0.367 e. The highest BCUT2D eigenvalue weighted by Gasteiger charge is 2.35. The predicted octanol–water partition coefficient (Wildman–Crippen LogP) is 0.533. The zero-order valence-electron chi connectivity index (χ0n) is 14.1. The van der Waals surface area contributed by atoms with Gasteiger partial charge in [-0.3, -0.25) is 9.59 Å². The van der Waals surface area contributed by atoms with E-state index in [1.807, 2.05) is 30.3 Å². The molecule has 2 aromatic rings. The van der Waals surface area contributed by atoms with Crippen LogP contribution in [0.4, 0.5) is 4.39 Å². The Morgan fingerprint density at radius 1 is 1.31 bits per heavy atom. The first-order valence-corrected chi connectivity index (χ1v) is 8.28. The Balaban J connectivity index is 1.55. The van der Waals surface area contributed by atoms with Gasteiger partial charge in [-0.25, -0.2) is 9.07 Å². The molecule has 9 heteroatoms. The summed E-state index contributed by atoms with van der Waals surface area (Å²) in [4.78, 5) is 24.9. The van der Waals surface area contributed by atoms with E-state index in [-0.39, 0.29) is 43.8 Å². The van der Waals surface area contributed by atoms with Gasteiger partial charge in [0.2, 0.25) is 5.91 Å². The average Bonchev–Trinajstić information content (AvgIpc) is 3.23. The van der Waals surface area contributed by atoms with Gasteiger partial charge in [-0.1, -0.05) is 35.5 Å². The van der Waals surface area contributed by atoms with Crippen molar-refractivity contribution in [2.45, 2.75) is 31.8 Å². The molecule has 138 valence electrons. The van der Waals surface area contributed by atoms with Crippen molar-refractivity contribution in [3.63, 3.8) is 0 Å². The minimum atomic E-state index is -1.10. The Bertz CT molecular complexity index is 767. The van der Waals surface area contributed by atoms with Crippen LogP contribution in [0.25, 0.3) is 0 Å². The van der Waals surface area contributed by atoms with Gasteiger partial charge in [0.05, 0.1) is 31.9 Å². The van der Waals surface area contributed by atoms with Crippen LogP contribution in [0.1, 0.15) is 22.5 Å². The number of alkyl halides is 1. The third-order valence-electron chi connectivity index (χ3n) is 4.21. The maximum absolute atomic E-state index is 13.9. The Labute approximate surface area is 149 Å². The molecule has 8 nitrogen and oxygen atoms in total. The van der Waals surface area contributed by atoms with Crippen molar-refractivity contribution >= 4 is 11.8 Å². The number of carbonyl (C=O) groups excluding carboxylic acids is 2. The number of amides is 2. The fourth-order valence-corrected chi connectivity index (χ4v) is 2.97. The lowest BCUT2D eigenvalue weighted by Crippen LogP contribution is -2.40. The van der Waals surface area contributed by atoms with Crippen LogP contribution < -0.4 is 5.73 Å². The van der Waals surface area contributed by atoms with Crippen LogP contribution in [0, 0.1) is 0 Å². The lowest BCUT2D eigenvalue weighted by Gasteiger charge is -2.24. The van der Waals surface area contributed by atoms with E-state index < -0.39 is 12.1 Å². The van der Waals surface area contributed by atoms with E-state index in [2.05, 4.69) is 10.3 Å². The monoisotopic (exact) mass is 361 g/mol. The third kappa shape index (κ3) is 4.42. The van der Waals surface area contributed by atoms with Gasteiger partial charge in [0.25, 0.3) is 5.91 Å². The van der Waals surface area contributed by atoms with Gasteiger partial charge in [-0.05, 0) is 5.56 Å². The Morgan fingerprint density at radius 2 is 2.08 bits per heavy atom. The number of hydrogen-bond acceptors (Lipinski definition) is 5. The first-order valence-electron chi connectivity index (χ1n) is 8.28. The topological polar surface area (TPSA) is 103 Å². The number of nitrogens with zero attached hydrogens (tertiary/aromatic N) is 4. The number of hydrogen-bond donors (Lipinski definition) is 1. The summed E-state index contributed by atoms with van der Waals surface area (Å²) < 4.78 is 20.7. The first kappa shape index (κ1) is 18.0. The minimum absolute atomic E-state index is 0.0234. The summed E-state index contributed by atoms with van der Waals surface area (Å²) in [6.07, 6.45) is 0.496. The van der Waals surface area contributed by atoms with Gasteiger partial charge < -0.3 is 15.4 Å². The van der Waals surface area contributed by atoms with Crippen molar-refractivity contribution in [3.05, 3.63) is 47.8 Å². The molecule has 0 spiro atoms. The summed E-state index contributed by atoms with van der Waals surface area (Å²) in [5.41, 5.74) is 6.13. The molecule has 1 saturated heterocycles. The molecule has 1 aromatic heterocycles. The fourth-order valence-electron chi connectivity index (χ4n) is 2.97. The van der Waals surface area contributed by atoms with E-state index in [1.54, 1.807) is 0 Å². The van der Waals surface area contributed by atoms with E-state index >= 15 is 0 Å². The molecule has 3 rings (SSSR count). The number of nitrogens with two attached hydrogens (primary N) is 1. The van der Waals surface area contributed by atoms with Gasteiger partial charge in [0, 0.05) is 6.42 Å². The van der Waals surface area contributed by atoms with Crippen LogP contribution in [-0.2, 0) is 22.7 Å². The second kappa shape index (κ2) is 8.05. The Morgan fingerprint density at radius 3 is 2.77 bits per heavy atom. The summed E-state index contributed by atoms with van der Waals surface area (Å²) in [5.74, 6) is -0.963. The number of ether oxygens (including phenoxy) is 1. The molecule has 1 fully saturated rings. The SMILES string of the molecule is NC(=O)c1cn(CC2CC(F)CN2C(=O)COCc2ccccc2)nn1. The van der Waals surface area contributed by atoms with E-state index in [1.165, 1.54) is 15.8 Å². The number of rotatable bonds is 7. The minimum Gasteiger partial charge on any atom is -0.367 e. The zero-order valence-corrected chi connectivity index (χ0v) is 14.1. The van der Waals surface area contributed by atoms with Crippen LogP contribution >= 0.6 is 0 Å². The summed E-state index contributed by atoms with van der Waals surface area (Å²) in [5, 5.41) is 7.44. The molecule has 1 aliphatic rings. The van der Waals surface area contributed by atoms with Gasteiger partial charge >= 0.3 is 0 Å². The molecule has 26 heavy (non-hydrogen) atoms. The van der Waals surface area contributed by atoms with Crippen molar-refractivity contribution in [2.24, 2.45) is 5.73 Å². The van der Waals surface area contributed by atoms with Crippen molar-refractivity contribution in [1.82, 2.24) is 19.9 Å². The summed E-state index contributed by atoms with van der Waals surface area (Å²) in [6, 6.07) is 9.12. The molecule has 2 N–H and O–H groups in total. The van der Waals surface area contributed by atoms with E-state index in [0.29, 0.717) is 6.61 Å². The summed E-state index contributed by atoms with van der Waals surface area (Å²) >= 11 is 0. The quantitative estimate of drug-likeness (QED) is 0.775. The number of aromatic nitrogens is 3. The van der Waals surface area contributed by atoms with Crippen LogP contribution in [-0.4, -0.2) is 57.1 Å². The molecule has 1 aromatic carbocycles. The van der Waals surface area contributed by atoms with Crippen molar-refractivity contribution in [1.29, 1.82) is 0 Å². The second-order valence-electron chi connectivity index (χ2n) is 6.20. The van der Waals surface area contributed by atoms with Crippen molar-refractivity contribution < 1.29 is 18.7 Å². The van der Waals surface area contributed by atoms with Crippen LogP contribution in [0.5, 0.6) is 0 Å². The number of benzene rings is 1. The van der Waals surface area contributed by atoms with Crippen LogP contribution in [0.2, 0.25) is 0 Å². The predicted molar refractivity (Wildman–Crippen MR) is 89.7 cm³/mol. The Kier molecular flexibility index (Phi) is 5.57. The summed E-state index contributed by atoms with van der Waals surface area (Å²) in [6.45, 7) is 0.456. The number of likely N-dealkylation sites (tertiary alicyclic amines) is 1. The fraction of sp³-hybridized carbons (Fsp3) is 0.412. The van der Waals surface area contributed by atoms with Crippen LogP contribution in [0.15, 0.2) is 36.5 Å². The van der Waals surface area contributed by atoms with E-state index in [4.69, 9.17) is 10.5 Å². The molecule has 2 heterocycles. The zero-order chi connectivity index (χ0) is 18.5. The lowest BCUT2D eigenvalue weighted by molar-refractivity contribution is -0.137. The van der Waals surface area contributed by atoms with Gasteiger partial charge in [0.15, 0.2) is 5.69 Å². The van der Waals surface area contributed by atoms with Crippen LogP contribution in [0.3, 0.4) is 0 Å². The average molecular weight is 361 g/mol. The molecule has 1 aliphatic heterocycles. The third-order valence-corrected chi connectivity index (χ3v) is 4.21. The van der Waals surface area contributed by atoms with Crippen molar-refractivity contribution in [3.8, 4) is 0 Å². The molecule has 2 unspecified atom stereocenters.